The third-order valence-electron chi connectivity index (χ3n) is 23.6. The molecule has 0 unspecified atom stereocenters. The molecule has 14 nitrogen and oxygen atoms in total. The van der Waals surface area contributed by atoms with E-state index in [0.29, 0.717) is 61.5 Å². The summed E-state index contributed by atoms with van der Waals surface area (Å²) in [5, 5.41) is 4.37. The number of rotatable bonds is 56. The molecule has 4 aromatic carbocycles. The second-order valence-corrected chi connectivity index (χ2v) is 31.5. The Bertz CT molecular complexity index is 3750. The van der Waals surface area contributed by atoms with Crippen molar-refractivity contribution in [2.24, 2.45) is 0 Å². The molecule has 0 spiro atoms. The molecule has 0 saturated heterocycles. The van der Waals surface area contributed by atoms with Gasteiger partial charge in [-0.15, -0.1) is 0 Å². The zero-order valence-corrected chi connectivity index (χ0v) is 69.7. The predicted molar refractivity (Wildman–Crippen MR) is 452 cm³/mol. The number of aromatic nitrogens is 8. The average molecular weight is 1480 g/mol. The fraction of sp³-hybridized carbons (Fsp3) is 0.660. The Hall–Kier alpha value is -6.00. The van der Waals surface area contributed by atoms with E-state index in [2.05, 4.69) is 100 Å². The summed E-state index contributed by atoms with van der Waals surface area (Å²) in [6.45, 7) is 13.9. The second-order valence-electron chi connectivity index (χ2n) is 31.5. The highest BCUT2D eigenvalue weighted by Crippen LogP contribution is 2.46. The first-order valence-corrected chi connectivity index (χ1v) is 43.8. The minimum Gasteiger partial charge on any atom is -0.331 e. The maximum atomic E-state index is 6.11. The summed E-state index contributed by atoms with van der Waals surface area (Å²) in [5.41, 5.74) is 17.6. The van der Waals surface area contributed by atoms with Gasteiger partial charge in [-0.3, -0.25) is 0 Å². The third kappa shape index (κ3) is 23.1. The normalized spacial score (nSPS) is 12.4. The van der Waals surface area contributed by atoms with Gasteiger partial charge in [0.25, 0.3) is 11.9 Å². The number of ether oxygens (including phenoxy) is 6. The van der Waals surface area contributed by atoms with Gasteiger partial charge in [-0.05, 0) is 147 Å². The zero-order chi connectivity index (χ0) is 76.4. The van der Waals surface area contributed by atoms with Crippen molar-refractivity contribution in [1.29, 1.82) is 0 Å². The van der Waals surface area contributed by atoms with Crippen LogP contribution in [0.25, 0.3) is 89.7 Å². The van der Waals surface area contributed by atoms with E-state index in [4.69, 9.17) is 58.3 Å². The van der Waals surface area contributed by atoms with Crippen LogP contribution in [0.4, 0.5) is 0 Å². The number of hydrogen-bond donors (Lipinski definition) is 2. The van der Waals surface area contributed by atoms with E-state index in [1.54, 1.807) is 42.7 Å². The van der Waals surface area contributed by atoms with Crippen LogP contribution < -0.4 is 0 Å². The first-order chi connectivity index (χ1) is 53.0. The summed E-state index contributed by atoms with van der Waals surface area (Å²) in [5.74, 6) is 0.410. The number of aromatic amines is 2. The van der Waals surface area contributed by atoms with Crippen LogP contribution >= 0.6 is 0 Å². The van der Waals surface area contributed by atoms with Crippen LogP contribution in [0.2, 0.25) is 0 Å². The molecule has 0 saturated carbocycles. The number of aryl methyl sites for hydroxylation is 8. The molecule has 0 amide bonds. The highest BCUT2D eigenvalue weighted by atomic mass is 16.9. The molecule has 2 aliphatic rings. The molecular formula is C94H142N8O6. The van der Waals surface area contributed by atoms with Crippen LogP contribution in [-0.2, 0) is 79.8 Å². The quantitative estimate of drug-likeness (QED) is 0.0274. The molecule has 2 aliphatic heterocycles. The molecule has 5 heterocycles. The van der Waals surface area contributed by atoms with Crippen LogP contribution in [0.3, 0.4) is 0 Å². The SMILES string of the molecule is CCCCCCCCc1ccc(CCCCCCCC)c2c1-c1nc-2nc2[nH]c(nc3nc(nc4[nH]c(n1)c1c(CCCCCCCC)ccc(CCCCCCCC)c41)-c1c(CCCCCCCC)ccc(CCCCCCCC)c1-3)c1c(CCCC(OC)(OC)OC)ccc(CCCC(OC)(OC)OC)c21. The van der Waals surface area contributed by atoms with Gasteiger partial charge in [-0.2, -0.15) is 0 Å². The minimum absolute atomic E-state index is 0.498. The summed E-state index contributed by atoms with van der Waals surface area (Å²) >= 11 is 0. The monoisotopic (exact) mass is 1480 g/mol. The fourth-order valence-electron chi connectivity index (χ4n) is 17.2. The number of nitrogens with zero attached hydrogens (tertiary/aromatic N) is 6. The van der Waals surface area contributed by atoms with Crippen molar-refractivity contribution in [3.05, 3.63) is 93.0 Å². The topological polar surface area (TPSA) is 164 Å². The largest absolute Gasteiger partial charge is 0.331 e. The van der Waals surface area contributed by atoms with Gasteiger partial charge in [0.15, 0.2) is 23.3 Å². The van der Waals surface area contributed by atoms with Crippen LogP contribution in [-0.4, -0.2) is 94.5 Å². The molecule has 0 aliphatic carbocycles. The molecule has 0 atom stereocenters. The van der Waals surface area contributed by atoms with Crippen LogP contribution in [0.1, 0.15) is 343 Å². The Morgan fingerprint density at radius 2 is 0.398 bits per heavy atom. The Labute approximate surface area is 651 Å². The van der Waals surface area contributed by atoms with Gasteiger partial charge in [0.05, 0.1) is 0 Å². The van der Waals surface area contributed by atoms with Crippen molar-refractivity contribution in [2.75, 3.05) is 42.7 Å². The van der Waals surface area contributed by atoms with Gasteiger partial charge >= 0.3 is 0 Å². The van der Waals surface area contributed by atoms with E-state index >= 15 is 0 Å². The summed E-state index contributed by atoms with van der Waals surface area (Å²) in [6.07, 6.45) is 53.0. The van der Waals surface area contributed by atoms with Crippen LogP contribution in [0.15, 0.2) is 48.5 Å². The van der Waals surface area contributed by atoms with Crippen molar-refractivity contribution in [3.8, 4) is 45.6 Å². The van der Waals surface area contributed by atoms with Gasteiger partial charge in [0, 0.05) is 99.3 Å². The standard InChI is InChI=1S/C94H142N8O6/c1-13-19-25-31-37-43-51-69-59-60-70(52-44-38-32-26-20-14-2)78-77(69)85-95-86(78)97-88-80-72(54-46-40-34-28-22-16-4)62-64-74(56-48-42-36-30-24-18-6)82(80)90(99-88)101-92-84-76(58-50-68-94(106-10,107-11)108-12)66-65-75(57-49-67-93(103-7,104-8)105-9)83(84)91(102-92)100-89-81-73(55-47-41-35-29-23-17-5)63-61-71(79(81)87(96-85)98-89)53-45-39-33-27-21-15-3/h59-66H,13-58,67-68H2,1-12H3,(H2,95,96,97,98,99,100,101,102). The van der Waals surface area contributed by atoms with Crippen molar-refractivity contribution in [2.45, 2.75) is 362 Å². The lowest BCUT2D eigenvalue weighted by molar-refractivity contribution is -0.355. The minimum atomic E-state index is -1.20. The van der Waals surface area contributed by atoms with E-state index in [1.807, 2.05) is 0 Å². The molecule has 0 radical (unpaired) electrons. The van der Waals surface area contributed by atoms with Crippen LogP contribution in [0.5, 0.6) is 0 Å². The van der Waals surface area contributed by atoms with Crippen molar-refractivity contribution in [1.82, 2.24) is 39.9 Å². The first-order valence-electron chi connectivity index (χ1n) is 43.8. The first kappa shape index (κ1) is 86.0. The molecule has 8 bridgehead atoms. The number of benzene rings is 4. The molecule has 108 heavy (non-hydrogen) atoms. The van der Waals surface area contributed by atoms with E-state index in [1.165, 1.54) is 237 Å². The van der Waals surface area contributed by atoms with Gasteiger partial charge in [-0.25, -0.2) is 29.9 Å². The molecule has 0 fully saturated rings. The maximum Gasteiger partial charge on any atom is 0.282 e. The number of fused-ring (bicyclic) bond motifs is 20. The smallest absolute Gasteiger partial charge is 0.282 e. The van der Waals surface area contributed by atoms with Crippen molar-refractivity contribution >= 4 is 44.1 Å². The van der Waals surface area contributed by atoms with E-state index < -0.39 is 11.9 Å². The molecule has 594 valence electrons. The highest BCUT2D eigenvalue weighted by Gasteiger charge is 2.33. The molecule has 7 aromatic rings. The van der Waals surface area contributed by atoms with E-state index in [0.717, 1.165) is 144 Å². The summed E-state index contributed by atoms with van der Waals surface area (Å²) in [7, 11) is 9.91. The summed E-state index contributed by atoms with van der Waals surface area (Å²) in [6, 6.07) is 19.3. The van der Waals surface area contributed by atoms with Gasteiger partial charge in [-0.1, -0.05) is 283 Å². The number of unbranched alkanes of at least 4 members (excludes halogenated alkanes) is 30. The van der Waals surface area contributed by atoms with Gasteiger partial charge < -0.3 is 38.4 Å². The molecule has 9 rings (SSSR count). The van der Waals surface area contributed by atoms with E-state index in [-0.39, 0.29) is 0 Å². The number of H-pyrrole nitrogens is 2. The molecule has 14 heteroatoms. The lowest BCUT2D eigenvalue weighted by Crippen LogP contribution is -2.35. The second kappa shape index (κ2) is 46.1. The van der Waals surface area contributed by atoms with E-state index in [9.17, 15) is 0 Å². The Balaban J connectivity index is 1.46. The maximum absolute atomic E-state index is 6.11. The van der Waals surface area contributed by atoms with Crippen LogP contribution in [0, 0.1) is 0 Å². The number of hydrogen-bond acceptors (Lipinski definition) is 12. The number of nitrogens with one attached hydrogen (secondary N) is 2. The zero-order valence-electron chi connectivity index (χ0n) is 69.7. The van der Waals surface area contributed by atoms with Crippen molar-refractivity contribution < 1.29 is 28.4 Å². The fourth-order valence-corrected chi connectivity index (χ4v) is 17.2. The third-order valence-corrected chi connectivity index (χ3v) is 23.6. The Morgan fingerprint density at radius 1 is 0.222 bits per heavy atom. The lowest BCUT2D eigenvalue weighted by Gasteiger charge is -2.28. The molecular weight excluding hydrogens is 1340 g/mol. The molecule has 3 aromatic heterocycles. The molecule has 2 N–H and O–H groups in total. The van der Waals surface area contributed by atoms with Crippen molar-refractivity contribution in [3.63, 3.8) is 0 Å². The Kier molecular flexibility index (Phi) is 36.7. The summed E-state index contributed by atoms with van der Waals surface area (Å²) in [4.78, 5) is 44.4. The predicted octanol–water partition coefficient (Wildman–Crippen LogP) is 26.1. The highest BCUT2D eigenvalue weighted by molar-refractivity contribution is 6.10. The average Bonchev–Trinajstić information content (AvgIpc) is 1.58. The number of methoxy groups -OCH3 is 6. The summed E-state index contributed by atoms with van der Waals surface area (Å²) < 4.78 is 35.7. The van der Waals surface area contributed by atoms with Gasteiger partial charge in [0.2, 0.25) is 0 Å². The van der Waals surface area contributed by atoms with Gasteiger partial charge in [0.1, 0.15) is 22.6 Å². The lowest BCUT2D eigenvalue weighted by atomic mass is 9.91. The Morgan fingerprint density at radius 3 is 0.602 bits per heavy atom.